The zero-order chi connectivity index (χ0) is 18.9. The molecular weight excluding hydrogens is 383 g/mol. The van der Waals surface area contributed by atoms with Crippen LogP contribution in [0.5, 0.6) is 0 Å². The van der Waals surface area contributed by atoms with Crippen molar-refractivity contribution in [1.29, 1.82) is 0 Å². The smallest absolute Gasteiger partial charge is 0.346 e. The van der Waals surface area contributed by atoms with E-state index < -0.39 is 11.1 Å². The van der Waals surface area contributed by atoms with Crippen molar-refractivity contribution in [3.05, 3.63) is 29.0 Å². The van der Waals surface area contributed by atoms with Gasteiger partial charge in [0, 0.05) is 12.7 Å². The molecule has 26 heavy (non-hydrogen) atoms. The molecule has 0 spiro atoms. The van der Waals surface area contributed by atoms with E-state index in [9.17, 15) is 18.0 Å². The minimum Gasteiger partial charge on any atom is -0.346 e. The number of carbonyl (C=O) groups is 1. The van der Waals surface area contributed by atoms with Gasteiger partial charge in [-0.2, -0.15) is 24.9 Å². The highest BCUT2D eigenvalue weighted by Gasteiger charge is 2.34. The summed E-state index contributed by atoms with van der Waals surface area (Å²) in [5, 5.41) is -0.128. The molecule has 4 nitrogen and oxygen atoms in total. The van der Waals surface area contributed by atoms with E-state index in [1.165, 1.54) is 17.8 Å². The van der Waals surface area contributed by atoms with E-state index in [0.29, 0.717) is 34.3 Å². The summed E-state index contributed by atoms with van der Waals surface area (Å²) < 4.78 is 38.4. The summed E-state index contributed by atoms with van der Waals surface area (Å²) in [4.78, 5) is 21.9. The number of piperidine rings is 1. The predicted molar refractivity (Wildman–Crippen MR) is 98.2 cm³/mol. The van der Waals surface area contributed by atoms with Crippen molar-refractivity contribution in [2.24, 2.45) is 0 Å². The zero-order valence-corrected chi connectivity index (χ0v) is 16.1. The average Bonchev–Trinajstić information content (AvgIpc) is 3.29. The summed E-state index contributed by atoms with van der Waals surface area (Å²) >= 11 is 2.18. The third kappa shape index (κ3) is 3.93. The number of carbonyl (C=O) groups excluding carboxylic acids is 1. The van der Waals surface area contributed by atoms with Crippen LogP contribution in [0.2, 0.25) is 0 Å². The van der Waals surface area contributed by atoms with E-state index in [2.05, 4.69) is 9.97 Å². The maximum Gasteiger partial charge on any atom is 0.425 e. The maximum atomic E-state index is 12.8. The lowest BCUT2D eigenvalue weighted by molar-refractivity contribution is -0.135. The number of halogens is 3. The van der Waals surface area contributed by atoms with Crippen molar-refractivity contribution >= 4 is 29.0 Å². The SMILES string of the molecule is CSC(C)C(=O)N1CCCCC1c1nc(-c2ccc(C(F)(F)F)s2)c[nH]1. The molecular formula is C17H20F3N3OS2. The second-order valence-electron chi connectivity index (χ2n) is 6.25. The molecule has 2 unspecified atom stereocenters. The number of aromatic nitrogens is 2. The van der Waals surface area contributed by atoms with Gasteiger partial charge in [-0.3, -0.25) is 4.79 Å². The van der Waals surface area contributed by atoms with Crippen LogP contribution in [0.15, 0.2) is 18.3 Å². The highest BCUT2D eigenvalue weighted by molar-refractivity contribution is 7.99. The quantitative estimate of drug-likeness (QED) is 0.785. The van der Waals surface area contributed by atoms with Crippen molar-refractivity contribution in [1.82, 2.24) is 14.9 Å². The van der Waals surface area contributed by atoms with E-state index in [1.807, 2.05) is 18.1 Å². The molecule has 9 heteroatoms. The number of hydrogen-bond acceptors (Lipinski definition) is 4. The third-order valence-corrected chi connectivity index (χ3v) is 6.60. The second-order valence-corrected chi connectivity index (χ2v) is 8.52. The Morgan fingerprint density at radius 2 is 2.19 bits per heavy atom. The lowest BCUT2D eigenvalue weighted by atomic mass is 10.0. The van der Waals surface area contributed by atoms with Gasteiger partial charge in [0.2, 0.25) is 5.91 Å². The van der Waals surface area contributed by atoms with E-state index in [1.54, 1.807) is 6.20 Å². The van der Waals surface area contributed by atoms with Crippen LogP contribution in [0.4, 0.5) is 13.2 Å². The van der Waals surface area contributed by atoms with Gasteiger partial charge >= 0.3 is 6.18 Å². The van der Waals surface area contributed by atoms with Crippen molar-refractivity contribution in [2.75, 3.05) is 12.8 Å². The molecule has 0 saturated carbocycles. The van der Waals surface area contributed by atoms with Crippen LogP contribution in [0.1, 0.15) is 42.9 Å². The van der Waals surface area contributed by atoms with Gasteiger partial charge in [0.1, 0.15) is 10.7 Å². The predicted octanol–water partition coefficient (Wildman–Crippen LogP) is 4.96. The highest BCUT2D eigenvalue weighted by Crippen LogP contribution is 2.39. The fraction of sp³-hybridized carbons (Fsp3) is 0.529. The number of aromatic amines is 1. The van der Waals surface area contributed by atoms with Crippen LogP contribution in [-0.2, 0) is 11.0 Å². The Morgan fingerprint density at radius 3 is 2.85 bits per heavy atom. The van der Waals surface area contributed by atoms with E-state index in [4.69, 9.17) is 0 Å². The number of amides is 1. The van der Waals surface area contributed by atoms with Crippen molar-refractivity contribution in [3.8, 4) is 10.6 Å². The monoisotopic (exact) mass is 403 g/mol. The minimum absolute atomic E-state index is 0.0793. The lowest BCUT2D eigenvalue weighted by Gasteiger charge is -2.36. The fourth-order valence-corrected chi connectivity index (χ4v) is 4.25. The van der Waals surface area contributed by atoms with Crippen molar-refractivity contribution in [3.63, 3.8) is 0 Å². The first-order chi connectivity index (χ1) is 12.3. The van der Waals surface area contributed by atoms with Crippen LogP contribution < -0.4 is 0 Å². The molecule has 2 aromatic rings. The first-order valence-corrected chi connectivity index (χ1v) is 10.5. The summed E-state index contributed by atoms with van der Waals surface area (Å²) in [5.41, 5.74) is 0.483. The third-order valence-electron chi connectivity index (χ3n) is 4.54. The molecule has 1 N–H and O–H groups in total. The van der Waals surface area contributed by atoms with E-state index in [0.717, 1.165) is 25.3 Å². The van der Waals surface area contributed by atoms with Crippen LogP contribution in [0, 0.1) is 0 Å². The van der Waals surface area contributed by atoms with Crippen LogP contribution in [0.3, 0.4) is 0 Å². The number of imidazole rings is 1. The topological polar surface area (TPSA) is 49.0 Å². The number of thiophene rings is 1. The summed E-state index contributed by atoms with van der Waals surface area (Å²) in [5.74, 6) is 0.721. The molecule has 0 aromatic carbocycles. The molecule has 3 heterocycles. The summed E-state index contributed by atoms with van der Waals surface area (Å²) in [6, 6.07) is 2.36. The van der Waals surface area contributed by atoms with Gasteiger partial charge in [-0.15, -0.1) is 11.3 Å². The van der Waals surface area contributed by atoms with Gasteiger partial charge in [-0.25, -0.2) is 4.98 Å². The van der Waals surface area contributed by atoms with E-state index in [-0.39, 0.29) is 17.2 Å². The van der Waals surface area contributed by atoms with Crippen LogP contribution in [-0.4, -0.2) is 38.8 Å². The molecule has 1 fully saturated rings. The second kappa shape index (κ2) is 7.64. The number of nitrogens with zero attached hydrogens (tertiary/aromatic N) is 2. The molecule has 0 radical (unpaired) electrons. The first-order valence-electron chi connectivity index (χ1n) is 8.37. The Hall–Kier alpha value is -1.48. The Balaban J connectivity index is 1.83. The number of hydrogen-bond donors (Lipinski definition) is 1. The molecule has 0 bridgehead atoms. The number of H-pyrrole nitrogens is 1. The number of nitrogens with one attached hydrogen (secondary N) is 1. The molecule has 1 amide bonds. The van der Waals surface area contributed by atoms with Gasteiger partial charge in [-0.1, -0.05) is 0 Å². The molecule has 2 aromatic heterocycles. The number of likely N-dealkylation sites (tertiary alicyclic amines) is 1. The molecule has 0 aliphatic carbocycles. The van der Waals surface area contributed by atoms with Crippen LogP contribution >= 0.6 is 23.1 Å². The number of alkyl halides is 3. The molecule has 1 saturated heterocycles. The van der Waals surface area contributed by atoms with E-state index >= 15 is 0 Å². The number of rotatable bonds is 4. The summed E-state index contributed by atoms with van der Waals surface area (Å²) in [6.45, 7) is 2.57. The Kier molecular flexibility index (Phi) is 5.67. The van der Waals surface area contributed by atoms with Crippen LogP contribution in [0.25, 0.3) is 10.6 Å². The summed E-state index contributed by atoms with van der Waals surface area (Å²) in [6.07, 6.45) is 1.94. The maximum absolute atomic E-state index is 12.8. The first kappa shape index (κ1) is 19.3. The van der Waals surface area contributed by atoms with Gasteiger partial charge in [0.25, 0.3) is 0 Å². The van der Waals surface area contributed by atoms with Crippen molar-refractivity contribution < 1.29 is 18.0 Å². The Bertz CT molecular complexity index is 771. The zero-order valence-electron chi connectivity index (χ0n) is 14.5. The fourth-order valence-electron chi connectivity index (χ4n) is 3.08. The molecule has 142 valence electrons. The van der Waals surface area contributed by atoms with Gasteiger partial charge in [-0.05, 0) is 44.6 Å². The van der Waals surface area contributed by atoms with Gasteiger partial charge in [0.05, 0.1) is 21.9 Å². The largest absolute Gasteiger partial charge is 0.425 e. The Morgan fingerprint density at radius 1 is 1.42 bits per heavy atom. The molecule has 1 aliphatic heterocycles. The lowest BCUT2D eigenvalue weighted by Crippen LogP contribution is -2.42. The standard InChI is InChI=1S/C17H20F3N3OS2/c1-10(25-2)16(24)23-8-4-3-5-12(23)15-21-9-11(22-15)13-6-7-14(26-13)17(18,19)20/h6-7,9-10,12H,3-5,8H2,1-2H3,(H,21,22). The molecule has 2 atom stereocenters. The molecule has 1 aliphatic rings. The van der Waals surface area contributed by atoms with Gasteiger partial charge in [0.15, 0.2) is 0 Å². The summed E-state index contributed by atoms with van der Waals surface area (Å²) in [7, 11) is 0. The Labute approximate surface area is 158 Å². The van der Waals surface area contributed by atoms with Gasteiger partial charge < -0.3 is 9.88 Å². The number of thioether (sulfide) groups is 1. The highest BCUT2D eigenvalue weighted by atomic mass is 32.2. The minimum atomic E-state index is -4.34. The van der Waals surface area contributed by atoms with Crippen molar-refractivity contribution in [2.45, 2.75) is 43.7 Å². The normalized spacial score (nSPS) is 19.6. The average molecular weight is 403 g/mol. The molecule has 3 rings (SSSR count).